The molecule has 20 heavy (non-hydrogen) atoms. The molecule has 0 aromatic heterocycles. The molecule has 0 fully saturated rings. The van der Waals surface area contributed by atoms with Crippen LogP contribution in [0.2, 0.25) is 0 Å². The molecule has 2 atom stereocenters. The van der Waals surface area contributed by atoms with Crippen LogP contribution in [0.1, 0.15) is 40.5 Å². The Balaban J connectivity index is 4.53. The van der Waals surface area contributed by atoms with Crippen molar-refractivity contribution < 1.29 is 19.5 Å². The van der Waals surface area contributed by atoms with Crippen molar-refractivity contribution in [3.05, 3.63) is 0 Å². The Morgan fingerprint density at radius 1 is 1.15 bits per heavy atom. The lowest BCUT2D eigenvalue weighted by Gasteiger charge is -2.26. The van der Waals surface area contributed by atoms with Gasteiger partial charge in [0.15, 0.2) is 0 Å². The average Bonchev–Trinajstić information content (AvgIpc) is 2.23. The molecule has 4 N–H and O–H groups in total. The van der Waals surface area contributed by atoms with Crippen molar-refractivity contribution in [2.75, 3.05) is 7.05 Å². The third-order valence-corrected chi connectivity index (χ3v) is 2.60. The van der Waals surface area contributed by atoms with Gasteiger partial charge < -0.3 is 21.1 Å². The van der Waals surface area contributed by atoms with Gasteiger partial charge in [0, 0.05) is 13.1 Å². The zero-order valence-electron chi connectivity index (χ0n) is 12.7. The second kappa shape index (κ2) is 7.72. The van der Waals surface area contributed by atoms with Crippen LogP contribution in [-0.2, 0) is 9.59 Å². The first-order valence-electron chi connectivity index (χ1n) is 6.55. The van der Waals surface area contributed by atoms with Crippen molar-refractivity contribution in [2.24, 2.45) is 5.41 Å². The van der Waals surface area contributed by atoms with Crippen molar-refractivity contribution >= 4 is 17.9 Å². The van der Waals surface area contributed by atoms with E-state index in [2.05, 4.69) is 16.0 Å². The van der Waals surface area contributed by atoms with Gasteiger partial charge in [-0.2, -0.15) is 0 Å². The molecule has 0 aliphatic carbocycles. The summed E-state index contributed by atoms with van der Waals surface area (Å²) in [4.78, 5) is 33.9. The maximum atomic E-state index is 11.8. The monoisotopic (exact) mass is 287 g/mol. The number of hydrogen-bond acceptors (Lipinski definition) is 3. The molecule has 2 unspecified atom stereocenters. The molecular weight excluding hydrogens is 262 g/mol. The van der Waals surface area contributed by atoms with E-state index in [-0.39, 0.29) is 17.7 Å². The highest BCUT2D eigenvalue weighted by atomic mass is 16.4. The van der Waals surface area contributed by atoms with Gasteiger partial charge in [-0.1, -0.05) is 20.8 Å². The third-order valence-electron chi connectivity index (χ3n) is 2.60. The number of carboxylic acid groups (broad SMARTS) is 1. The van der Waals surface area contributed by atoms with Crippen LogP contribution in [0, 0.1) is 5.41 Å². The zero-order valence-corrected chi connectivity index (χ0v) is 12.7. The molecule has 0 aliphatic heterocycles. The van der Waals surface area contributed by atoms with E-state index in [1.54, 1.807) is 6.92 Å². The first-order valence-corrected chi connectivity index (χ1v) is 6.55. The van der Waals surface area contributed by atoms with Gasteiger partial charge >= 0.3 is 12.0 Å². The summed E-state index contributed by atoms with van der Waals surface area (Å²) in [7, 11) is 1.48. The van der Waals surface area contributed by atoms with E-state index >= 15 is 0 Å². The van der Waals surface area contributed by atoms with Gasteiger partial charge in [0.2, 0.25) is 5.91 Å². The van der Waals surface area contributed by atoms with E-state index in [1.807, 2.05) is 20.8 Å². The van der Waals surface area contributed by atoms with Crippen molar-refractivity contribution in [2.45, 2.75) is 52.6 Å². The van der Waals surface area contributed by atoms with E-state index in [0.29, 0.717) is 6.42 Å². The van der Waals surface area contributed by atoms with Crippen LogP contribution in [0.15, 0.2) is 0 Å². The van der Waals surface area contributed by atoms with E-state index in [9.17, 15) is 14.4 Å². The summed E-state index contributed by atoms with van der Waals surface area (Å²) in [6.07, 6.45) is 0.375. The number of nitrogens with one attached hydrogen (secondary N) is 3. The Morgan fingerprint density at radius 2 is 1.70 bits per heavy atom. The van der Waals surface area contributed by atoms with Crippen LogP contribution in [-0.4, -0.2) is 42.1 Å². The quantitative estimate of drug-likeness (QED) is 0.576. The molecule has 0 aliphatic rings. The molecule has 0 heterocycles. The predicted octanol–water partition coefficient (Wildman–Crippen LogP) is 0.700. The fourth-order valence-corrected chi connectivity index (χ4v) is 1.83. The first-order chi connectivity index (χ1) is 9.05. The zero-order chi connectivity index (χ0) is 15.9. The molecule has 3 amide bonds. The lowest BCUT2D eigenvalue weighted by atomic mass is 9.87. The summed E-state index contributed by atoms with van der Waals surface area (Å²) >= 11 is 0. The van der Waals surface area contributed by atoms with Gasteiger partial charge in [-0.05, 0) is 18.8 Å². The minimum absolute atomic E-state index is 0.111. The van der Waals surface area contributed by atoms with Gasteiger partial charge in [-0.25, -0.2) is 4.79 Å². The normalized spacial score (nSPS) is 14.1. The second-order valence-corrected chi connectivity index (χ2v) is 6.01. The average molecular weight is 287 g/mol. The minimum Gasteiger partial charge on any atom is -0.481 e. The van der Waals surface area contributed by atoms with Gasteiger partial charge in [0.25, 0.3) is 0 Å². The van der Waals surface area contributed by atoms with Gasteiger partial charge in [-0.3, -0.25) is 9.59 Å². The summed E-state index contributed by atoms with van der Waals surface area (Å²) in [5.41, 5.74) is -0.111. The van der Waals surface area contributed by atoms with Gasteiger partial charge in [0.1, 0.15) is 6.04 Å². The molecule has 0 saturated heterocycles. The maximum absolute atomic E-state index is 11.8. The number of carbonyl (C=O) groups excluding carboxylic acids is 2. The van der Waals surface area contributed by atoms with Gasteiger partial charge in [0.05, 0.1) is 6.42 Å². The molecule has 0 spiro atoms. The first kappa shape index (κ1) is 18.2. The third kappa shape index (κ3) is 8.34. The molecule has 0 aromatic carbocycles. The molecule has 7 nitrogen and oxygen atoms in total. The summed E-state index contributed by atoms with van der Waals surface area (Å²) in [6.45, 7) is 7.45. The molecule has 0 bridgehead atoms. The summed E-state index contributed by atoms with van der Waals surface area (Å²) in [5.74, 6) is -1.29. The van der Waals surface area contributed by atoms with Crippen LogP contribution < -0.4 is 16.0 Å². The van der Waals surface area contributed by atoms with Crippen LogP contribution in [0.25, 0.3) is 0 Å². The summed E-state index contributed by atoms with van der Waals surface area (Å²) < 4.78 is 0. The topological polar surface area (TPSA) is 108 Å². The predicted molar refractivity (Wildman–Crippen MR) is 75.3 cm³/mol. The Kier molecular flexibility index (Phi) is 7.02. The lowest BCUT2D eigenvalue weighted by molar-refractivity contribution is -0.137. The van der Waals surface area contributed by atoms with Crippen LogP contribution >= 0.6 is 0 Å². The van der Waals surface area contributed by atoms with E-state index in [0.717, 1.165) is 0 Å². The molecular formula is C13H25N3O4. The highest BCUT2D eigenvalue weighted by molar-refractivity contribution is 5.86. The fourth-order valence-electron chi connectivity index (χ4n) is 1.83. The number of urea groups is 1. The summed E-state index contributed by atoms with van der Waals surface area (Å²) in [5, 5.41) is 16.4. The molecule has 0 rings (SSSR count). The van der Waals surface area contributed by atoms with Crippen molar-refractivity contribution in [3.63, 3.8) is 0 Å². The Labute approximate surface area is 119 Å². The largest absolute Gasteiger partial charge is 0.481 e. The molecule has 0 radical (unpaired) electrons. The fraction of sp³-hybridized carbons (Fsp3) is 0.769. The smallest absolute Gasteiger partial charge is 0.315 e. The number of carboxylic acids is 1. The van der Waals surface area contributed by atoms with Crippen LogP contribution in [0.3, 0.4) is 0 Å². The highest BCUT2D eigenvalue weighted by Crippen LogP contribution is 2.22. The van der Waals surface area contributed by atoms with Crippen molar-refractivity contribution in [1.29, 1.82) is 0 Å². The van der Waals surface area contributed by atoms with Crippen LogP contribution in [0.4, 0.5) is 4.79 Å². The SMILES string of the molecule is CNC(=O)C(C)NC(=O)NC(CC(=O)O)CC(C)(C)C. The Morgan fingerprint density at radius 3 is 2.10 bits per heavy atom. The highest BCUT2D eigenvalue weighted by Gasteiger charge is 2.23. The number of amides is 3. The standard InChI is InChI=1S/C13H25N3O4/c1-8(11(19)14-5)15-12(20)16-9(6-10(17)18)7-13(2,3)4/h8-9H,6-7H2,1-5H3,(H,14,19)(H,17,18)(H2,15,16,20). The lowest BCUT2D eigenvalue weighted by Crippen LogP contribution is -2.51. The van der Waals surface area contributed by atoms with E-state index in [1.165, 1.54) is 7.05 Å². The Hall–Kier alpha value is -1.79. The van der Waals surface area contributed by atoms with Gasteiger partial charge in [-0.15, -0.1) is 0 Å². The Bertz CT molecular complexity index is 363. The van der Waals surface area contributed by atoms with Crippen molar-refractivity contribution in [1.82, 2.24) is 16.0 Å². The molecule has 0 saturated carbocycles. The van der Waals surface area contributed by atoms with Crippen molar-refractivity contribution in [3.8, 4) is 0 Å². The summed E-state index contributed by atoms with van der Waals surface area (Å²) in [6, 6.07) is -1.71. The minimum atomic E-state index is -0.973. The number of carbonyl (C=O) groups is 3. The maximum Gasteiger partial charge on any atom is 0.315 e. The van der Waals surface area contributed by atoms with E-state index < -0.39 is 24.1 Å². The number of hydrogen-bond donors (Lipinski definition) is 4. The molecule has 116 valence electrons. The number of aliphatic carboxylic acids is 1. The number of rotatable bonds is 6. The van der Waals surface area contributed by atoms with Crippen LogP contribution in [0.5, 0.6) is 0 Å². The molecule has 7 heteroatoms. The number of likely N-dealkylation sites (N-methyl/N-ethyl adjacent to an activating group) is 1. The second-order valence-electron chi connectivity index (χ2n) is 6.01. The molecule has 0 aromatic rings. The van der Waals surface area contributed by atoms with E-state index in [4.69, 9.17) is 5.11 Å².